The molecule has 2 heterocycles. The second-order valence-electron chi connectivity index (χ2n) is 7.88. The number of alkyl carbamates (subject to hydrolysis) is 1. The van der Waals surface area contributed by atoms with Gasteiger partial charge < -0.3 is 25.3 Å². The minimum absolute atomic E-state index is 0.0122. The lowest BCUT2D eigenvalue weighted by Gasteiger charge is -2.16. The Morgan fingerprint density at radius 2 is 2.09 bits per heavy atom. The largest absolute Gasteiger partial charge is 0.480 e. The molecular weight excluding hydrogens is 444 g/mol. The predicted octanol–water partition coefficient (Wildman–Crippen LogP) is 0.345. The van der Waals surface area contributed by atoms with Crippen molar-refractivity contribution in [2.75, 3.05) is 19.6 Å². The van der Waals surface area contributed by atoms with E-state index in [9.17, 15) is 19.5 Å². The number of nitrogens with one attached hydrogen (secondary N) is 4. The van der Waals surface area contributed by atoms with Crippen molar-refractivity contribution < 1.29 is 29.1 Å². The maximum Gasteiger partial charge on any atom is 0.408 e. The lowest BCUT2D eigenvalue weighted by atomic mass is 10.1. The summed E-state index contributed by atoms with van der Waals surface area (Å²) in [7, 11) is 0. The van der Waals surface area contributed by atoms with Gasteiger partial charge in [0.15, 0.2) is 6.29 Å². The molecule has 3 rings (SSSR count). The number of hydrogen-bond acceptors (Lipinski definition) is 9. The fourth-order valence-electron chi connectivity index (χ4n) is 3.35. The molecule has 0 bridgehead atoms. The van der Waals surface area contributed by atoms with Gasteiger partial charge in [-0.25, -0.2) is 9.59 Å². The molecule has 0 saturated heterocycles. The summed E-state index contributed by atoms with van der Waals surface area (Å²) in [6.07, 6.45) is 2.66. The minimum atomic E-state index is -1.31. The predicted molar refractivity (Wildman–Crippen MR) is 123 cm³/mol. The Morgan fingerprint density at radius 1 is 1.26 bits per heavy atom. The van der Waals surface area contributed by atoms with E-state index in [0.717, 1.165) is 24.2 Å². The molecule has 34 heavy (non-hydrogen) atoms. The number of amides is 2. The van der Waals surface area contributed by atoms with E-state index in [-0.39, 0.29) is 37.9 Å². The Hall–Kier alpha value is -3.51. The lowest BCUT2D eigenvalue weighted by molar-refractivity contribution is -0.139. The molecule has 184 valence electrons. The molecular formula is C22H30N6O6. The van der Waals surface area contributed by atoms with Crippen LogP contribution < -0.4 is 21.3 Å². The number of benzene rings is 1. The first-order valence-corrected chi connectivity index (χ1v) is 11.2. The van der Waals surface area contributed by atoms with Crippen LogP contribution in [-0.2, 0) is 25.8 Å². The highest BCUT2D eigenvalue weighted by Gasteiger charge is 2.24. The quantitative estimate of drug-likeness (QED) is 0.273. The van der Waals surface area contributed by atoms with Gasteiger partial charge in [-0.3, -0.25) is 20.4 Å². The first-order valence-electron chi connectivity index (χ1n) is 11.2. The van der Waals surface area contributed by atoms with Crippen LogP contribution in [0.25, 0.3) is 0 Å². The van der Waals surface area contributed by atoms with Crippen LogP contribution in [0.15, 0.2) is 40.5 Å². The number of aliphatic carboxylic acids is 1. The number of ether oxygens (including phenoxy) is 1. The molecule has 0 saturated carbocycles. The number of carboxylic acid groups (broad SMARTS) is 1. The van der Waals surface area contributed by atoms with E-state index in [0.29, 0.717) is 19.4 Å². The fourth-order valence-corrected chi connectivity index (χ4v) is 3.35. The minimum Gasteiger partial charge on any atom is -0.480 e. The van der Waals surface area contributed by atoms with Gasteiger partial charge in [0.1, 0.15) is 18.8 Å². The molecule has 2 amide bonds. The first kappa shape index (κ1) is 25.1. The van der Waals surface area contributed by atoms with Crippen molar-refractivity contribution in [2.45, 2.75) is 50.7 Å². The lowest BCUT2D eigenvalue weighted by Crippen LogP contribution is -2.48. The summed E-state index contributed by atoms with van der Waals surface area (Å²) < 4.78 is 5.03. The molecule has 5 N–H and O–H groups in total. The second-order valence-corrected chi connectivity index (χ2v) is 7.88. The maximum absolute atomic E-state index is 12.2. The summed E-state index contributed by atoms with van der Waals surface area (Å²) in [4.78, 5) is 45.1. The van der Waals surface area contributed by atoms with Gasteiger partial charge in [0.05, 0.1) is 5.71 Å². The topological polar surface area (TPSA) is 163 Å². The Morgan fingerprint density at radius 3 is 2.82 bits per heavy atom. The van der Waals surface area contributed by atoms with Gasteiger partial charge in [-0.1, -0.05) is 35.5 Å². The summed E-state index contributed by atoms with van der Waals surface area (Å²) in [5.74, 6) is -1.61. The summed E-state index contributed by atoms with van der Waals surface area (Å²) in [5, 5.41) is 24.6. The Bertz CT molecular complexity index is 893. The third kappa shape index (κ3) is 8.79. The van der Waals surface area contributed by atoms with Crippen LogP contribution in [-0.4, -0.2) is 73.1 Å². The monoisotopic (exact) mass is 474 g/mol. The van der Waals surface area contributed by atoms with Crippen molar-refractivity contribution in [1.82, 2.24) is 21.3 Å². The average molecular weight is 475 g/mol. The molecule has 0 aliphatic carbocycles. The molecule has 0 unspecified atom stereocenters. The van der Waals surface area contributed by atoms with Gasteiger partial charge in [-0.15, -0.1) is 0 Å². The van der Waals surface area contributed by atoms with Gasteiger partial charge in [-0.05, 0) is 12.0 Å². The number of hydrogen-bond donors (Lipinski definition) is 5. The zero-order valence-electron chi connectivity index (χ0n) is 18.7. The Kier molecular flexibility index (Phi) is 9.80. The van der Waals surface area contributed by atoms with Gasteiger partial charge in [-0.2, -0.15) is 0 Å². The number of oxime groups is 1. The van der Waals surface area contributed by atoms with Crippen molar-refractivity contribution in [1.29, 1.82) is 0 Å². The number of carboxylic acids is 1. The number of carbonyl (C=O) groups is 3. The molecule has 12 nitrogen and oxygen atoms in total. The molecule has 12 heteroatoms. The van der Waals surface area contributed by atoms with Crippen molar-refractivity contribution in [3.05, 3.63) is 35.9 Å². The van der Waals surface area contributed by atoms with Crippen molar-refractivity contribution >= 4 is 29.9 Å². The van der Waals surface area contributed by atoms with E-state index in [1.165, 1.54) is 0 Å². The zero-order valence-corrected chi connectivity index (χ0v) is 18.7. The Balaban J connectivity index is 1.28. The third-order valence-electron chi connectivity index (χ3n) is 5.20. The van der Waals surface area contributed by atoms with E-state index >= 15 is 0 Å². The van der Waals surface area contributed by atoms with Gasteiger partial charge in [0.25, 0.3) is 0 Å². The van der Waals surface area contributed by atoms with Crippen LogP contribution in [0, 0.1) is 0 Å². The number of rotatable bonds is 13. The van der Waals surface area contributed by atoms with Crippen LogP contribution >= 0.6 is 0 Å². The third-order valence-corrected chi connectivity index (χ3v) is 5.20. The molecule has 1 aromatic carbocycles. The SMILES string of the molecule is O=C(CC[C@H]1CC(CCN[C@H]2N=CCN2)=NO1)NC[C@H](NC(=O)OCc1ccccc1)C(=O)O. The van der Waals surface area contributed by atoms with E-state index in [4.69, 9.17) is 9.57 Å². The molecule has 2 aliphatic rings. The summed E-state index contributed by atoms with van der Waals surface area (Å²) >= 11 is 0. The van der Waals surface area contributed by atoms with Gasteiger partial charge in [0, 0.05) is 45.1 Å². The Labute approximate surface area is 197 Å². The van der Waals surface area contributed by atoms with Crippen molar-refractivity contribution in [3.63, 3.8) is 0 Å². The smallest absolute Gasteiger partial charge is 0.408 e. The molecule has 0 radical (unpaired) electrons. The fraction of sp³-hybridized carbons (Fsp3) is 0.500. The van der Waals surface area contributed by atoms with Crippen LogP contribution in [0.5, 0.6) is 0 Å². The molecule has 0 fully saturated rings. The molecule has 1 aromatic rings. The van der Waals surface area contributed by atoms with E-state index in [2.05, 4.69) is 31.4 Å². The number of carbonyl (C=O) groups excluding carboxylic acids is 2. The van der Waals surface area contributed by atoms with E-state index in [1.807, 2.05) is 12.3 Å². The summed E-state index contributed by atoms with van der Waals surface area (Å²) in [6, 6.07) is 7.69. The number of aliphatic imine (C=N–C) groups is 1. The normalized spacial score (nSPS) is 19.7. The van der Waals surface area contributed by atoms with Crippen LogP contribution in [0.4, 0.5) is 4.79 Å². The van der Waals surface area contributed by atoms with Crippen molar-refractivity contribution in [3.8, 4) is 0 Å². The molecule has 2 aliphatic heterocycles. The highest BCUT2D eigenvalue weighted by molar-refractivity contribution is 5.86. The highest BCUT2D eigenvalue weighted by Crippen LogP contribution is 2.17. The van der Waals surface area contributed by atoms with Gasteiger partial charge >= 0.3 is 12.1 Å². The second kappa shape index (κ2) is 13.3. The van der Waals surface area contributed by atoms with Crippen LogP contribution in [0.2, 0.25) is 0 Å². The zero-order chi connectivity index (χ0) is 24.2. The summed E-state index contributed by atoms with van der Waals surface area (Å²) in [6.45, 7) is 1.22. The number of nitrogens with zero attached hydrogens (tertiary/aromatic N) is 2. The molecule has 0 aromatic heterocycles. The highest BCUT2D eigenvalue weighted by atomic mass is 16.6. The van der Waals surface area contributed by atoms with E-state index < -0.39 is 18.1 Å². The average Bonchev–Trinajstić information content (AvgIpc) is 3.52. The standard InChI is InChI=1S/C22H30N6O6/c29-19(7-6-17-12-16(28-34-17)8-9-23-21-24-10-11-25-21)26-13-18(20(30)31)27-22(32)33-14-15-4-2-1-3-5-15/h1-5,10,17-18,21,23,25H,6-9,11-14H2,(H,26,29)(H,27,32)(H,30,31)/t17-,18-,21-/m0/s1. The van der Waals surface area contributed by atoms with Crippen LogP contribution in [0.1, 0.15) is 31.2 Å². The molecule has 0 spiro atoms. The first-order chi connectivity index (χ1) is 16.5. The maximum atomic E-state index is 12.2. The summed E-state index contributed by atoms with van der Waals surface area (Å²) in [5.41, 5.74) is 1.69. The van der Waals surface area contributed by atoms with Crippen LogP contribution in [0.3, 0.4) is 0 Å². The van der Waals surface area contributed by atoms with Crippen molar-refractivity contribution in [2.24, 2.45) is 10.1 Å². The van der Waals surface area contributed by atoms with Gasteiger partial charge in [0.2, 0.25) is 5.91 Å². The van der Waals surface area contributed by atoms with E-state index in [1.54, 1.807) is 24.3 Å². The molecule has 3 atom stereocenters.